The van der Waals surface area contributed by atoms with Crippen LogP contribution >= 0.6 is 0 Å². The summed E-state index contributed by atoms with van der Waals surface area (Å²) in [5.74, 6) is 0.429. The van der Waals surface area contributed by atoms with E-state index in [9.17, 15) is 10.2 Å². The average Bonchev–Trinajstić information content (AvgIpc) is 2.18. The third-order valence-electron chi connectivity index (χ3n) is 4.66. The molecular weight excluding hydrogens is 176 g/mol. The molecule has 2 heteroatoms. The van der Waals surface area contributed by atoms with Crippen molar-refractivity contribution < 1.29 is 10.2 Å². The van der Waals surface area contributed by atoms with Crippen molar-refractivity contribution in [2.24, 2.45) is 11.3 Å². The molecule has 2 saturated carbocycles. The van der Waals surface area contributed by atoms with Crippen molar-refractivity contribution in [2.45, 2.75) is 57.5 Å². The maximum atomic E-state index is 10.6. The second-order valence-electron chi connectivity index (χ2n) is 5.59. The lowest BCUT2D eigenvalue weighted by Crippen LogP contribution is -2.53. The second kappa shape index (κ2) is 3.49. The van der Waals surface area contributed by atoms with Crippen molar-refractivity contribution in [3.63, 3.8) is 0 Å². The minimum Gasteiger partial charge on any atom is -0.396 e. The topological polar surface area (TPSA) is 40.5 Å². The third-order valence-corrected chi connectivity index (χ3v) is 4.66. The van der Waals surface area contributed by atoms with Crippen LogP contribution in [0.4, 0.5) is 0 Å². The van der Waals surface area contributed by atoms with E-state index in [1.165, 1.54) is 12.8 Å². The highest BCUT2D eigenvalue weighted by Gasteiger charge is 2.51. The van der Waals surface area contributed by atoms with E-state index in [0.29, 0.717) is 12.5 Å². The number of fused-ring (bicyclic) bond motifs is 1. The van der Waals surface area contributed by atoms with Crippen LogP contribution in [0.5, 0.6) is 0 Å². The van der Waals surface area contributed by atoms with E-state index < -0.39 is 5.60 Å². The molecule has 2 fully saturated rings. The van der Waals surface area contributed by atoms with Gasteiger partial charge in [-0.25, -0.2) is 0 Å². The number of aliphatic hydroxyl groups is 2. The Bertz CT molecular complexity index is 216. The van der Waals surface area contributed by atoms with Crippen molar-refractivity contribution in [1.82, 2.24) is 0 Å². The third kappa shape index (κ3) is 1.49. The lowest BCUT2D eigenvalue weighted by atomic mass is 9.55. The molecule has 0 heterocycles. The zero-order valence-corrected chi connectivity index (χ0v) is 9.13. The van der Waals surface area contributed by atoms with Gasteiger partial charge in [0.25, 0.3) is 0 Å². The first-order valence-electron chi connectivity index (χ1n) is 5.93. The predicted molar refractivity (Wildman–Crippen MR) is 56.0 cm³/mol. The summed E-state index contributed by atoms with van der Waals surface area (Å²) in [6.07, 6.45) is 7.45. The van der Waals surface area contributed by atoms with Crippen LogP contribution in [-0.4, -0.2) is 22.4 Å². The SMILES string of the molecule is CC12CCCCC1(O)CCC(CO)C2. The molecule has 3 unspecified atom stereocenters. The number of hydrogen-bond donors (Lipinski definition) is 2. The van der Waals surface area contributed by atoms with Crippen molar-refractivity contribution in [1.29, 1.82) is 0 Å². The first-order valence-corrected chi connectivity index (χ1v) is 5.93. The van der Waals surface area contributed by atoms with Gasteiger partial charge in [-0.3, -0.25) is 0 Å². The van der Waals surface area contributed by atoms with Gasteiger partial charge in [0.1, 0.15) is 0 Å². The molecule has 2 aliphatic rings. The van der Waals surface area contributed by atoms with Crippen molar-refractivity contribution >= 4 is 0 Å². The quantitative estimate of drug-likeness (QED) is 0.677. The number of aliphatic hydroxyl groups excluding tert-OH is 1. The molecule has 2 aliphatic carbocycles. The Morgan fingerprint density at radius 2 is 1.93 bits per heavy atom. The van der Waals surface area contributed by atoms with E-state index in [1.54, 1.807) is 0 Å². The van der Waals surface area contributed by atoms with E-state index in [-0.39, 0.29) is 5.41 Å². The van der Waals surface area contributed by atoms with Crippen LogP contribution in [0.1, 0.15) is 51.9 Å². The van der Waals surface area contributed by atoms with E-state index >= 15 is 0 Å². The fraction of sp³-hybridized carbons (Fsp3) is 1.00. The van der Waals surface area contributed by atoms with Crippen LogP contribution in [0.25, 0.3) is 0 Å². The van der Waals surface area contributed by atoms with Gasteiger partial charge in [0.15, 0.2) is 0 Å². The Morgan fingerprint density at radius 3 is 2.64 bits per heavy atom. The molecule has 2 nitrogen and oxygen atoms in total. The van der Waals surface area contributed by atoms with Crippen LogP contribution < -0.4 is 0 Å². The summed E-state index contributed by atoms with van der Waals surface area (Å²) in [7, 11) is 0. The zero-order valence-electron chi connectivity index (χ0n) is 9.13. The van der Waals surface area contributed by atoms with Gasteiger partial charge >= 0.3 is 0 Å². The van der Waals surface area contributed by atoms with Crippen LogP contribution in [0, 0.1) is 11.3 Å². The Labute approximate surface area is 86.3 Å². The van der Waals surface area contributed by atoms with Gasteiger partial charge < -0.3 is 10.2 Å². The monoisotopic (exact) mass is 198 g/mol. The number of hydrogen-bond acceptors (Lipinski definition) is 2. The van der Waals surface area contributed by atoms with Crippen molar-refractivity contribution in [3.8, 4) is 0 Å². The maximum absolute atomic E-state index is 10.6. The lowest BCUT2D eigenvalue weighted by Gasteiger charge is -2.53. The van der Waals surface area contributed by atoms with Gasteiger partial charge in [-0.05, 0) is 43.4 Å². The summed E-state index contributed by atoms with van der Waals surface area (Å²) in [6, 6.07) is 0. The minimum atomic E-state index is -0.420. The first-order chi connectivity index (χ1) is 6.60. The fourth-order valence-corrected chi connectivity index (χ4v) is 3.52. The van der Waals surface area contributed by atoms with Crippen LogP contribution in [-0.2, 0) is 0 Å². The molecule has 3 atom stereocenters. The van der Waals surface area contributed by atoms with E-state index in [0.717, 1.165) is 32.1 Å². The Balaban J connectivity index is 2.15. The molecule has 0 spiro atoms. The van der Waals surface area contributed by atoms with Gasteiger partial charge in [-0.15, -0.1) is 0 Å². The molecule has 2 N–H and O–H groups in total. The Kier molecular flexibility index (Phi) is 2.61. The highest BCUT2D eigenvalue weighted by molar-refractivity contribution is 5.02. The van der Waals surface area contributed by atoms with Crippen LogP contribution in [0.2, 0.25) is 0 Å². The molecule has 0 aromatic carbocycles. The molecule has 82 valence electrons. The van der Waals surface area contributed by atoms with Gasteiger partial charge in [-0.2, -0.15) is 0 Å². The Morgan fingerprint density at radius 1 is 1.21 bits per heavy atom. The smallest absolute Gasteiger partial charge is 0.0701 e. The maximum Gasteiger partial charge on any atom is 0.0701 e. The molecule has 2 rings (SSSR count). The van der Waals surface area contributed by atoms with Gasteiger partial charge in [0.05, 0.1) is 5.60 Å². The molecule has 0 radical (unpaired) electrons. The molecule has 0 amide bonds. The van der Waals surface area contributed by atoms with E-state index in [2.05, 4.69) is 6.92 Å². The largest absolute Gasteiger partial charge is 0.396 e. The van der Waals surface area contributed by atoms with Gasteiger partial charge in [-0.1, -0.05) is 19.8 Å². The predicted octanol–water partition coefficient (Wildman–Crippen LogP) is 2.09. The summed E-state index contributed by atoms with van der Waals surface area (Å²) < 4.78 is 0. The summed E-state index contributed by atoms with van der Waals surface area (Å²) in [6.45, 7) is 2.51. The Hall–Kier alpha value is -0.0800. The van der Waals surface area contributed by atoms with E-state index in [4.69, 9.17) is 0 Å². The molecule has 0 aromatic heterocycles. The van der Waals surface area contributed by atoms with Crippen LogP contribution in [0.15, 0.2) is 0 Å². The summed E-state index contributed by atoms with van der Waals surface area (Å²) in [5.41, 5.74) is -0.339. The fourth-order valence-electron chi connectivity index (χ4n) is 3.52. The molecule has 0 aromatic rings. The minimum absolute atomic E-state index is 0.0803. The highest BCUT2D eigenvalue weighted by atomic mass is 16.3. The summed E-state index contributed by atoms with van der Waals surface area (Å²) in [5, 5.41) is 19.8. The van der Waals surface area contributed by atoms with Gasteiger partial charge in [0, 0.05) is 6.61 Å². The molecule has 14 heavy (non-hydrogen) atoms. The molecule has 0 aliphatic heterocycles. The second-order valence-corrected chi connectivity index (χ2v) is 5.59. The molecular formula is C12H22O2. The highest BCUT2D eigenvalue weighted by Crippen LogP contribution is 2.54. The molecule has 0 bridgehead atoms. The number of rotatable bonds is 1. The zero-order chi connectivity index (χ0) is 10.2. The first kappa shape index (κ1) is 10.4. The lowest BCUT2D eigenvalue weighted by molar-refractivity contribution is -0.148. The van der Waals surface area contributed by atoms with Crippen molar-refractivity contribution in [3.05, 3.63) is 0 Å². The average molecular weight is 198 g/mol. The van der Waals surface area contributed by atoms with Gasteiger partial charge in [0.2, 0.25) is 0 Å². The summed E-state index contributed by atoms with van der Waals surface area (Å²) >= 11 is 0. The normalized spacial score (nSPS) is 48.6. The molecule has 0 saturated heterocycles. The van der Waals surface area contributed by atoms with E-state index in [1.807, 2.05) is 0 Å². The van der Waals surface area contributed by atoms with Crippen molar-refractivity contribution in [2.75, 3.05) is 6.61 Å². The standard InChI is InChI=1S/C12H22O2/c1-11-5-2-3-6-12(11,14)7-4-10(8-11)9-13/h10,13-14H,2-9H2,1H3. The van der Waals surface area contributed by atoms with Crippen LogP contribution in [0.3, 0.4) is 0 Å². The summed E-state index contributed by atoms with van der Waals surface area (Å²) in [4.78, 5) is 0.